The second kappa shape index (κ2) is 10.9. The van der Waals surface area contributed by atoms with Gasteiger partial charge in [-0.05, 0) is 25.5 Å². The average Bonchev–Trinajstić information content (AvgIpc) is 3.13. The highest BCUT2D eigenvalue weighted by Gasteiger charge is 2.29. The molecule has 1 amide bonds. The summed E-state index contributed by atoms with van der Waals surface area (Å²) in [5, 5.41) is 20.0. The molecule has 1 aliphatic rings. The van der Waals surface area contributed by atoms with Crippen molar-refractivity contribution in [3.63, 3.8) is 0 Å². The smallest absolute Gasteiger partial charge is 0.412 e. The Balaban J connectivity index is 1.68. The molecule has 0 spiro atoms. The predicted octanol–water partition coefficient (Wildman–Crippen LogP) is 2.79. The maximum Gasteiger partial charge on any atom is 0.412 e. The summed E-state index contributed by atoms with van der Waals surface area (Å²) in [4.78, 5) is 27.9. The summed E-state index contributed by atoms with van der Waals surface area (Å²) < 4.78 is 17.9. The normalized spacial score (nSPS) is 18.2. The number of pyridine rings is 1. The number of aromatic nitrogens is 4. The van der Waals surface area contributed by atoms with Crippen molar-refractivity contribution in [2.75, 3.05) is 25.1 Å². The highest BCUT2D eigenvalue weighted by atomic mass is 16.5. The quantitative estimate of drug-likeness (QED) is 0.556. The first-order valence-corrected chi connectivity index (χ1v) is 10.7. The van der Waals surface area contributed by atoms with Crippen LogP contribution in [0.5, 0.6) is 5.75 Å². The molecule has 0 unspecified atom stereocenters. The van der Waals surface area contributed by atoms with Gasteiger partial charge in [0.05, 0.1) is 37.1 Å². The summed E-state index contributed by atoms with van der Waals surface area (Å²) in [6.45, 7) is 4.72. The van der Waals surface area contributed by atoms with Gasteiger partial charge < -0.3 is 19.3 Å². The number of unbranched alkanes of at least 4 members (excludes halogenated alkanes) is 2. The van der Waals surface area contributed by atoms with Crippen molar-refractivity contribution < 1.29 is 28.9 Å². The Morgan fingerprint density at radius 1 is 1.31 bits per heavy atom. The molecule has 174 valence electrons. The number of hydrogen-bond donors (Lipinski definition) is 2. The van der Waals surface area contributed by atoms with E-state index in [1.54, 1.807) is 26.1 Å². The third-order valence-electron chi connectivity index (χ3n) is 5.12. The minimum atomic E-state index is -0.893. The molecule has 0 aromatic carbocycles. The summed E-state index contributed by atoms with van der Waals surface area (Å²) in [5.74, 6) is -0.579. The van der Waals surface area contributed by atoms with Crippen molar-refractivity contribution in [1.29, 1.82) is 0 Å². The average molecular weight is 447 g/mol. The number of nitrogens with one attached hydrogen (secondary N) is 1. The van der Waals surface area contributed by atoms with Crippen LogP contribution in [0.15, 0.2) is 12.1 Å². The van der Waals surface area contributed by atoms with Gasteiger partial charge in [0.1, 0.15) is 11.9 Å². The van der Waals surface area contributed by atoms with E-state index in [1.165, 1.54) is 4.68 Å². The van der Waals surface area contributed by atoms with E-state index >= 15 is 0 Å². The number of aryl methyl sites for hydroxylation is 2. The zero-order valence-corrected chi connectivity index (χ0v) is 18.5. The molecule has 11 nitrogen and oxygen atoms in total. The molecular formula is C21H29N5O6. The number of carboxylic acid groups (broad SMARTS) is 1. The lowest BCUT2D eigenvalue weighted by Crippen LogP contribution is -2.37. The molecular weight excluding hydrogens is 418 g/mol. The standard InChI is InChI=1S/C21H29N5O6/c1-4-5-6-9-31-21(29)23-19-18(24-25-26(19)3)16-7-8-17(13(2)22-16)32-15-10-14(20(27)28)11-30-12-15/h7-8,14-15H,4-6,9-12H2,1-3H3,(H,23,29)(H,27,28)/t14-,15-/m0/s1. The third-order valence-corrected chi connectivity index (χ3v) is 5.12. The second-order valence-corrected chi connectivity index (χ2v) is 7.71. The molecule has 3 rings (SSSR count). The Labute approximate surface area is 186 Å². The van der Waals surface area contributed by atoms with Gasteiger partial charge in [-0.15, -0.1) is 5.10 Å². The lowest BCUT2D eigenvalue weighted by atomic mass is 10.0. The number of nitrogens with zero attached hydrogens (tertiary/aromatic N) is 4. The van der Waals surface area contributed by atoms with Crippen LogP contribution >= 0.6 is 0 Å². The maximum atomic E-state index is 12.1. The maximum absolute atomic E-state index is 12.1. The fraction of sp³-hybridized carbons (Fsp3) is 0.571. The summed E-state index contributed by atoms with van der Waals surface area (Å²) in [5.41, 5.74) is 1.51. The van der Waals surface area contributed by atoms with Crippen LogP contribution in [0.2, 0.25) is 0 Å². The fourth-order valence-corrected chi connectivity index (χ4v) is 3.35. The van der Waals surface area contributed by atoms with Crippen molar-refractivity contribution in [3.8, 4) is 17.1 Å². The highest BCUT2D eigenvalue weighted by Crippen LogP contribution is 2.28. The van der Waals surface area contributed by atoms with Crippen LogP contribution in [-0.2, 0) is 21.3 Å². The van der Waals surface area contributed by atoms with Crippen LogP contribution in [0.25, 0.3) is 11.4 Å². The van der Waals surface area contributed by atoms with Gasteiger partial charge in [-0.3, -0.25) is 10.1 Å². The first-order chi connectivity index (χ1) is 15.4. The minimum Gasteiger partial charge on any atom is -0.486 e. The first kappa shape index (κ1) is 23.5. The van der Waals surface area contributed by atoms with Crippen LogP contribution in [-0.4, -0.2) is 63.1 Å². The van der Waals surface area contributed by atoms with E-state index in [0.29, 0.717) is 48.3 Å². The number of hydrogen-bond acceptors (Lipinski definition) is 8. The van der Waals surface area contributed by atoms with E-state index in [4.69, 9.17) is 14.2 Å². The molecule has 2 aromatic heterocycles. The minimum absolute atomic E-state index is 0.189. The Kier molecular flexibility index (Phi) is 7.98. The monoisotopic (exact) mass is 447 g/mol. The summed E-state index contributed by atoms with van der Waals surface area (Å²) in [6.07, 6.45) is 2.27. The molecule has 1 saturated heterocycles. The number of rotatable bonds is 9. The molecule has 3 heterocycles. The lowest BCUT2D eigenvalue weighted by molar-refractivity contribution is -0.149. The van der Waals surface area contributed by atoms with Gasteiger partial charge >= 0.3 is 12.1 Å². The summed E-state index contributed by atoms with van der Waals surface area (Å²) in [6, 6.07) is 3.45. The topological polar surface area (TPSA) is 138 Å². The molecule has 32 heavy (non-hydrogen) atoms. The summed E-state index contributed by atoms with van der Waals surface area (Å²) >= 11 is 0. The van der Waals surface area contributed by atoms with Crippen LogP contribution in [0.3, 0.4) is 0 Å². The van der Waals surface area contributed by atoms with Gasteiger partial charge in [0, 0.05) is 13.5 Å². The van der Waals surface area contributed by atoms with Gasteiger partial charge in [-0.1, -0.05) is 25.0 Å². The first-order valence-electron chi connectivity index (χ1n) is 10.7. The Morgan fingerprint density at radius 3 is 2.84 bits per heavy atom. The van der Waals surface area contributed by atoms with Gasteiger partial charge in [0.2, 0.25) is 0 Å². The van der Waals surface area contributed by atoms with E-state index < -0.39 is 18.0 Å². The lowest BCUT2D eigenvalue weighted by Gasteiger charge is -2.27. The number of anilines is 1. The van der Waals surface area contributed by atoms with E-state index in [9.17, 15) is 14.7 Å². The number of carbonyl (C=O) groups is 2. The molecule has 2 aromatic rings. The molecule has 2 atom stereocenters. The molecule has 0 radical (unpaired) electrons. The highest BCUT2D eigenvalue weighted by molar-refractivity contribution is 5.88. The zero-order valence-electron chi connectivity index (χ0n) is 18.5. The van der Waals surface area contributed by atoms with E-state index in [-0.39, 0.29) is 12.7 Å². The molecule has 0 bridgehead atoms. The van der Waals surface area contributed by atoms with Crippen molar-refractivity contribution in [2.45, 2.75) is 45.6 Å². The number of aliphatic carboxylic acids is 1. The van der Waals surface area contributed by atoms with E-state index in [0.717, 1.165) is 19.3 Å². The zero-order chi connectivity index (χ0) is 23.1. The molecule has 11 heteroatoms. The van der Waals surface area contributed by atoms with Gasteiger partial charge in [-0.2, -0.15) is 0 Å². The molecule has 1 aliphatic heterocycles. The number of carboxylic acids is 1. The number of ether oxygens (including phenoxy) is 3. The second-order valence-electron chi connectivity index (χ2n) is 7.71. The molecule has 2 N–H and O–H groups in total. The molecule has 0 aliphatic carbocycles. The van der Waals surface area contributed by atoms with Crippen LogP contribution in [0, 0.1) is 12.8 Å². The van der Waals surface area contributed by atoms with Crippen molar-refractivity contribution in [2.24, 2.45) is 13.0 Å². The number of carbonyl (C=O) groups excluding carboxylic acids is 1. The molecule has 1 fully saturated rings. The van der Waals surface area contributed by atoms with E-state index in [1.807, 2.05) is 0 Å². The van der Waals surface area contributed by atoms with Gasteiger partial charge in [-0.25, -0.2) is 14.5 Å². The van der Waals surface area contributed by atoms with Crippen LogP contribution in [0.1, 0.15) is 38.3 Å². The molecule has 0 saturated carbocycles. The van der Waals surface area contributed by atoms with Crippen LogP contribution < -0.4 is 10.1 Å². The largest absolute Gasteiger partial charge is 0.486 e. The van der Waals surface area contributed by atoms with Crippen LogP contribution in [0.4, 0.5) is 10.6 Å². The fourth-order valence-electron chi connectivity index (χ4n) is 3.35. The Hall–Kier alpha value is -3.21. The van der Waals surface area contributed by atoms with Crippen molar-refractivity contribution in [1.82, 2.24) is 20.0 Å². The van der Waals surface area contributed by atoms with Crippen molar-refractivity contribution >= 4 is 17.9 Å². The van der Waals surface area contributed by atoms with E-state index in [2.05, 4.69) is 27.5 Å². The van der Waals surface area contributed by atoms with Gasteiger partial charge in [0.15, 0.2) is 11.5 Å². The Morgan fingerprint density at radius 2 is 2.12 bits per heavy atom. The summed E-state index contributed by atoms with van der Waals surface area (Å²) in [7, 11) is 1.66. The number of amides is 1. The van der Waals surface area contributed by atoms with Crippen molar-refractivity contribution in [3.05, 3.63) is 17.8 Å². The Bertz CT molecular complexity index is 947. The third kappa shape index (κ3) is 5.94. The van der Waals surface area contributed by atoms with Gasteiger partial charge in [0.25, 0.3) is 0 Å². The SMILES string of the molecule is CCCCCOC(=O)Nc1c(-c2ccc(O[C@@H]3COC[C@@H](C(=O)O)C3)c(C)n2)nnn1C. The predicted molar refractivity (Wildman–Crippen MR) is 114 cm³/mol.